The summed E-state index contributed by atoms with van der Waals surface area (Å²) in [4.78, 5) is 12.8. The summed E-state index contributed by atoms with van der Waals surface area (Å²) in [5, 5.41) is 10.3. The Labute approximate surface area is 207 Å². The van der Waals surface area contributed by atoms with Gasteiger partial charge in [0.15, 0.2) is 11.5 Å². The minimum absolute atomic E-state index is 0.154. The quantitative estimate of drug-likeness (QED) is 0.310. The lowest BCUT2D eigenvalue weighted by atomic mass is 10.1. The van der Waals surface area contributed by atoms with Crippen LogP contribution in [0.5, 0.6) is 17.2 Å². The van der Waals surface area contributed by atoms with Gasteiger partial charge in [-0.15, -0.1) is 0 Å². The summed E-state index contributed by atoms with van der Waals surface area (Å²) in [5.41, 5.74) is 3.60. The highest BCUT2D eigenvalue weighted by atomic mass is 35.5. The second-order valence-electron chi connectivity index (χ2n) is 7.95. The molecule has 1 aliphatic heterocycles. The molecule has 0 unspecified atom stereocenters. The number of nitriles is 1. The van der Waals surface area contributed by atoms with Crippen LogP contribution in [0.3, 0.4) is 0 Å². The Morgan fingerprint density at radius 3 is 2.60 bits per heavy atom. The van der Waals surface area contributed by atoms with E-state index in [1.54, 1.807) is 31.2 Å². The van der Waals surface area contributed by atoms with Crippen molar-refractivity contribution in [1.29, 1.82) is 5.26 Å². The average Bonchev–Trinajstić information content (AvgIpc) is 3.47. The molecule has 5 rings (SSSR count). The molecular weight excluding hydrogens is 468 g/mol. The van der Waals surface area contributed by atoms with E-state index in [1.807, 2.05) is 41.0 Å². The third kappa shape index (κ3) is 4.61. The minimum atomic E-state index is -0.416. The van der Waals surface area contributed by atoms with Crippen LogP contribution in [0.15, 0.2) is 60.7 Å². The molecule has 4 aromatic rings. The Morgan fingerprint density at radius 2 is 1.86 bits per heavy atom. The van der Waals surface area contributed by atoms with Crippen molar-refractivity contribution < 1.29 is 23.7 Å². The van der Waals surface area contributed by atoms with Gasteiger partial charge in [-0.1, -0.05) is 23.7 Å². The number of hydrogen-bond donors (Lipinski definition) is 0. The van der Waals surface area contributed by atoms with Gasteiger partial charge in [-0.05, 0) is 60.5 Å². The predicted molar refractivity (Wildman–Crippen MR) is 130 cm³/mol. The summed E-state index contributed by atoms with van der Waals surface area (Å²) in [6, 6.07) is 20.4. The molecule has 8 heteroatoms. The summed E-state index contributed by atoms with van der Waals surface area (Å²) in [6.07, 6.45) is 0. The van der Waals surface area contributed by atoms with Crippen molar-refractivity contribution in [2.45, 2.75) is 20.1 Å². The van der Waals surface area contributed by atoms with Crippen LogP contribution in [0.25, 0.3) is 10.9 Å². The standard InChI is InChI=1S/C27H21ClN2O5/c1-2-32-27(31)24-10-19-9-21(33-15-18-5-3-17(13-29)4-6-18)7-8-23(19)30(24)14-20-11-25-26(12-22(20)28)35-16-34-25/h3-12H,2,14-16H2,1H3. The Bertz CT molecular complexity index is 1450. The van der Waals surface area contributed by atoms with E-state index in [4.69, 9.17) is 35.8 Å². The summed E-state index contributed by atoms with van der Waals surface area (Å²) >= 11 is 6.51. The summed E-state index contributed by atoms with van der Waals surface area (Å²) in [5.74, 6) is 1.47. The average molecular weight is 489 g/mol. The van der Waals surface area contributed by atoms with E-state index in [0.717, 1.165) is 22.0 Å². The summed E-state index contributed by atoms with van der Waals surface area (Å²) in [6.45, 7) is 2.90. The molecule has 0 fully saturated rings. The molecule has 0 bridgehead atoms. The number of hydrogen-bond acceptors (Lipinski definition) is 6. The lowest BCUT2D eigenvalue weighted by molar-refractivity contribution is 0.0515. The van der Waals surface area contributed by atoms with Gasteiger partial charge in [0.1, 0.15) is 18.1 Å². The second kappa shape index (κ2) is 9.61. The van der Waals surface area contributed by atoms with Gasteiger partial charge in [-0.25, -0.2) is 4.79 Å². The largest absolute Gasteiger partial charge is 0.489 e. The minimum Gasteiger partial charge on any atom is -0.489 e. The predicted octanol–water partition coefficient (Wildman–Crippen LogP) is 5.70. The van der Waals surface area contributed by atoms with Gasteiger partial charge < -0.3 is 23.5 Å². The molecule has 0 saturated heterocycles. The van der Waals surface area contributed by atoms with Gasteiger partial charge in [0.25, 0.3) is 0 Å². The lowest BCUT2D eigenvalue weighted by Crippen LogP contribution is -2.13. The first-order chi connectivity index (χ1) is 17.1. The van der Waals surface area contributed by atoms with Gasteiger partial charge >= 0.3 is 5.97 Å². The number of fused-ring (bicyclic) bond motifs is 2. The van der Waals surface area contributed by atoms with Gasteiger partial charge in [-0.3, -0.25) is 0 Å². The Kier molecular flexibility index (Phi) is 6.21. The van der Waals surface area contributed by atoms with E-state index >= 15 is 0 Å². The maximum absolute atomic E-state index is 12.8. The number of benzene rings is 3. The third-order valence-corrected chi connectivity index (χ3v) is 6.07. The van der Waals surface area contributed by atoms with Gasteiger partial charge in [-0.2, -0.15) is 5.26 Å². The molecule has 0 radical (unpaired) electrons. The van der Waals surface area contributed by atoms with Crippen LogP contribution in [-0.2, 0) is 17.9 Å². The zero-order valence-electron chi connectivity index (χ0n) is 18.9. The molecule has 0 atom stereocenters. The normalized spacial score (nSPS) is 11.9. The Balaban J connectivity index is 1.46. The maximum atomic E-state index is 12.8. The Morgan fingerprint density at radius 1 is 1.09 bits per heavy atom. The van der Waals surface area contributed by atoms with Gasteiger partial charge in [0, 0.05) is 22.0 Å². The number of carbonyl (C=O) groups excluding carboxylic acids is 1. The van der Waals surface area contributed by atoms with Crippen molar-refractivity contribution in [3.05, 3.63) is 88.1 Å². The molecule has 0 N–H and O–H groups in total. The lowest BCUT2D eigenvalue weighted by Gasteiger charge is -2.13. The fraction of sp³-hybridized carbons (Fsp3) is 0.185. The van der Waals surface area contributed by atoms with E-state index in [1.165, 1.54) is 0 Å². The van der Waals surface area contributed by atoms with Gasteiger partial charge in [0.2, 0.25) is 6.79 Å². The van der Waals surface area contributed by atoms with Crippen LogP contribution in [0.1, 0.15) is 34.1 Å². The molecule has 0 saturated carbocycles. The van der Waals surface area contributed by atoms with Crippen molar-refractivity contribution >= 4 is 28.5 Å². The number of nitrogens with zero attached hydrogens (tertiary/aromatic N) is 2. The zero-order chi connectivity index (χ0) is 24.4. The molecule has 0 amide bonds. The topological polar surface area (TPSA) is 82.7 Å². The van der Waals surface area contributed by atoms with E-state index < -0.39 is 5.97 Å². The molecule has 7 nitrogen and oxygen atoms in total. The third-order valence-electron chi connectivity index (χ3n) is 5.72. The molecule has 0 aliphatic carbocycles. The van der Waals surface area contributed by atoms with E-state index in [9.17, 15) is 4.79 Å². The SMILES string of the molecule is CCOC(=O)c1cc2cc(OCc3ccc(C#N)cc3)ccc2n1Cc1cc2c(cc1Cl)OCO2. The number of rotatable bonds is 7. The zero-order valence-corrected chi connectivity index (χ0v) is 19.7. The molecule has 1 aromatic heterocycles. The first-order valence-electron chi connectivity index (χ1n) is 11.1. The highest BCUT2D eigenvalue weighted by molar-refractivity contribution is 6.31. The van der Waals surface area contributed by atoms with E-state index in [2.05, 4.69) is 6.07 Å². The highest BCUT2D eigenvalue weighted by Crippen LogP contribution is 2.38. The molecule has 35 heavy (non-hydrogen) atoms. The smallest absolute Gasteiger partial charge is 0.354 e. The number of aromatic nitrogens is 1. The van der Waals surface area contributed by atoms with Crippen molar-refractivity contribution in [2.75, 3.05) is 13.4 Å². The summed E-state index contributed by atoms with van der Waals surface area (Å²) < 4.78 is 24.0. The van der Waals surface area contributed by atoms with Crippen LogP contribution in [-0.4, -0.2) is 23.9 Å². The number of ether oxygens (including phenoxy) is 4. The van der Waals surface area contributed by atoms with Crippen molar-refractivity contribution in [1.82, 2.24) is 4.57 Å². The summed E-state index contributed by atoms with van der Waals surface area (Å²) in [7, 11) is 0. The van der Waals surface area contributed by atoms with Crippen LogP contribution in [0.4, 0.5) is 0 Å². The molecule has 176 valence electrons. The fourth-order valence-electron chi connectivity index (χ4n) is 3.98. The molecular formula is C27H21ClN2O5. The fourth-order valence-corrected chi connectivity index (χ4v) is 4.19. The number of halogens is 1. The second-order valence-corrected chi connectivity index (χ2v) is 8.36. The van der Waals surface area contributed by atoms with Crippen molar-refractivity contribution in [2.24, 2.45) is 0 Å². The van der Waals surface area contributed by atoms with Crippen molar-refractivity contribution in [3.8, 4) is 23.3 Å². The van der Waals surface area contributed by atoms with Crippen molar-refractivity contribution in [3.63, 3.8) is 0 Å². The molecule has 2 heterocycles. The molecule has 1 aliphatic rings. The molecule has 3 aromatic carbocycles. The maximum Gasteiger partial charge on any atom is 0.354 e. The Hall–Kier alpha value is -4.15. The monoisotopic (exact) mass is 488 g/mol. The van der Waals surface area contributed by atoms with Crippen LogP contribution in [0, 0.1) is 11.3 Å². The highest BCUT2D eigenvalue weighted by Gasteiger charge is 2.21. The first kappa shape index (κ1) is 22.6. The van der Waals surface area contributed by atoms with Gasteiger partial charge in [0.05, 0.1) is 24.8 Å². The van der Waals surface area contributed by atoms with Crippen LogP contribution >= 0.6 is 11.6 Å². The van der Waals surface area contributed by atoms with E-state index in [-0.39, 0.29) is 13.4 Å². The van der Waals surface area contributed by atoms with E-state index in [0.29, 0.717) is 46.7 Å². The first-order valence-corrected chi connectivity index (χ1v) is 11.4. The van der Waals surface area contributed by atoms with Crippen LogP contribution in [0.2, 0.25) is 5.02 Å². The molecule has 0 spiro atoms. The number of esters is 1. The number of carbonyl (C=O) groups is 1. The van der Waals surface area contributed by atoms with Crippen LogP contribution < -0.4 is 14.2 Å².